The van der Waals surface area contributed by atoms with Crippen LogP contribution >= 0.6 is 0 Å². The minimum Gasteiger partial charge on any atom is -0.456 e. The molecule has 0 spiro atoms. The number of nitrogens with zero attached hydrogens (tertiary/aromatic N) is 3. The van der Waals surface area contributed by atoms with Gasteiger partial charge in [-0.05, 0) is 62.6 Å². The van der Waals surface area contributed by atoms with Crippen LogP contribution in [0.4, 0.5) is 4.39 Å². The number of halogens is 1. The van der Waals surface area contributed by atoms with E-state index in [2.05, 4.69) is 10.4 Å². The topological polar surface area (TPSA) is 80.4 Å². The average molecular weight is 424 g/mol. The lowest BCUT2D eigenvalue weighted by Crippen LogP contribution is -2.46. The summed E-state index contributed by atoms with van der Waals surface area (Å²) in [7, 11) is 0. The zero-order valence-corrected chi connectivity index (χ0v) is 17.6. The summed E-state index contributed by atoms with van der Waals surface area (Å²) >= 11 is 0. The Morgan fingerprint density at radius 3 is 2.48 bits per heavy atom. The quantitative estimate of drug-likeness (QED) is 0.680. The molecule has 4 rings (SSSR count). The molecule has 1 aromatic carbocycles. The Morgan fingerprint density at radius 1 is 1.16 bits per heavy atom. The molecule has 0 atom stereocenters. The number of carbonyl (C=O) groups is 2. The molecule has 3 heterocycles. The van der Waals surface area contributed by atoms with Crippen molar-refractivity contribution < 1.29 is 18.4 Å². The summed E-state index contributed by atoms with van der Waals surface area (Å²) in [6.45, 7) is 4.85. The van der Waals surface area contributed by atoms with E-state index in [-0.39, 0.29) is 23.7 Å². The second-order valence-electron chi connectivity index (χ2n) is 7.70. The Labute approximate surface area is 179 Å². The molecule has 162 valence electrons. The normalized spacial score (nSPS) is 14.6. The maximum absolute atomic E-state index is 13.2. The smallest absolute Gasteiger partial charge is 0.287 e. The van der Waals surface area contributed by atoms with Crippen molar-refractivity contribution in [3.63, 3.8) is 0 Å². The summed E-state index contributed by atoms with van der Waals surface area (Å²) in [6, 6.07) is 9.45. The summed E-state index contributed by atoms with van der Waals surface area (Å²) in [5, 5.41) is 7.35. The lowest BCUT2D eigenvalue weighted by molar-refractivity contribution is 0.0694. The molecular weight excluding hydrogens is 399 g/mol. The van der Waals surface area contributed by atoms with Gasteiger partial charge in [0.25, 0.3) is 11.8 Å². The van der Waals surface area contributed by atoms with E-state index in [4.69, 9.17) is 4.42 Å². The summed E-state index contributed by atoms with van der Waals surface area (Å²) in [5.74, 6) is 0.376. The molecule has 7 nitrogen and oxygen atoms in total. The number of benzene rings is 1. The average Bonchev–Trinajstić information content (AvgIpc) is 3.40. The predicted octanol–water partition coefficient (Wildman–Crippen LogP) is 3.51. The van der Waals surface area contributed by atoms with Crippen molar-refractivity contribution in [3.05, 3.63) is 71.2 Å². The number of aromatic nitrogens is 2. The van der Waals surface area contributed by atoms with Gasteiger partial charge in [-0.25, -0.2) is 9.07 Å². The molecule has 3 aromatic rings. The number of likely N-dealkylation sites (tertiary alicyclic amines) is 1. The highest BCUT2D eigenvalue weighted by Gasteiger charge is 2.28. The van der Waals surface area contributed by atoms with E-state index in [1.165, 1.54) is 12.1 Å². The Bertz CT molecular complexity index is 1080. The SMILES string of the molecule is CCc1c(C(=O)N2CCC(NC(=O)c3ccc(C)o3)CC2)cnn1-c1ccc(F)cc1. The van der Waals surface area contributed by atoms with E-state index in [1.54, 1.807) is 47.0 Å². The molecule has 0 saturated carbocycles. The van der Waals surface area contributed by atoms with Crippen LogP contribution in [0.3, 0.4) is 0 Å². The van der Waals surface area contributed by atoms with Crippen LogP contribution in [-0.4, -0.2) is 45.6 Å². The van der Waals surface area contributed by atoms with Crippen LogP contribution in [0.2, 0.25) is 0 Å². The fourth-order valence-electron chi connectivity index (χ4n) is 3.91. The number of furan rings is 1. The number of aryl methyl sites for hydroxylation is 1. The monoisotopic (exact) mass is 424 g/mol. The first-order chi connectivity index (χ1) is 15.0. The Kier molecular flexibility index (Phi) is 5.88. The molecule has 0 radical (unpaired) electrons. The van der Waals surface area contributed by atoms with Crippen molar-refractivity contribution in [2.75, 3.05) is 13.1 Å². The molecule has 0 aliphatic carbocycles. The molecule has 1 fully saturated rings. The highest BCUT2D eigenvalue weighted by molar-refractivity contribution is 5.95. The van der Waals surface area contributed by atoms with Gasteiger partial charge < -0.3 is 14.6 Å². The number of hydrogen-bond donors (Lipinski definition) is 1. The van der Waals surface area contributed by atoms with E-state index in [0.29, 0.717) is 55.1 Å². The molecule has 0 unspecified atom stereocenters. The molecular formula is C23H25FN4O3. The van der Waals surface area contributed by atoms with Crippen molar-refractivity contribution >= 4 is 11.8 Å². The molecule has 8 heteroatoms. The molecule has 2 amide bonds. The minimum absolute atomic E-state index is 0.00506. The molecule has 1 aliphatic rings. The molecule has 1 saturated heterocycles. The van der Waals surface area contributed by atoms with E-state index in [1.807, 2.05) is 6.92 Å². The first-order valence-corrected chi connectivity index (χ1v) is 10.5. The van der Waals surface area contributed by atoms with Gasteiger partial charge in [-0.1, -0.05) is 6.92 Å². The van der Waals surface area contributed by atoms with Gasteiger partial charge in [-0.3, -0.25) is 9.59 Å². The number of rotatable bonds is 5. The summed E-state index contributed by atoms with van der Waals surface area (Å²) in [6.07, 6.45) is 3.54. The van der Waals surface area contributed by atoms with Crippen molar-refractivity contribution in [1.82, 2.24) is 20.0 Å². The maximum atomic E-state index is 13.2. The van der Waals surface area contributed by atoms with Crippen LogP contribution in [0, 0.1) is 12.7 Å². The highest BCUT2D eigenvalue weighted by Crippen LogP contribution is 2.20. The third kappa shape index (κ3) is 4.38. The molecule has 2 aromatic heterocycles. The fourth-order valence-corrected chi connectivity index (χ4v) is 3.91. The summed E-state index contributed by atoms with van der Waals surface area (Å²) in [5.41, 5.74) is 2.06. The van der Waals surface area contributed by atoms with Gasteiger partial charge in [0, 0.05) is 19.1 Å². The number of hydrogen-bond acceptors (Lipinski definition) is 4. The third-order valence-corrected chi connectivity index (χ3v) is 5.59. The van der Waals surface area contributed by atoms with Gasteiger partial charge >= 0.3 is 0 Å². The van der Waals surface area contributed by atoms with Crippen LogP contribution in [0.1, 0.15) is 52.1 Å². The second-order valence-corrected chi connectivity index (χ2v) is 7.70. The van der Waals surface area contributed by atoms with Gasteiger partial charge in [0.05, 0.1) is 23.1 Å². The highest BCUT2D eigenvalue weighted by atomic mass is 19.1. The van der Waals surface area contributed by atoms with Gasteiger partial charge in [0.1, 0.15) is 11.6 Å². The Morgan fingerprint density at radius 2 is 1.87 bits per heavy atom. The minimum atomic E-state index is -0.317. The first-order valence-electron chi connectivity index (χ1n) is 10.5. The van der Waals surface area contributed by atoms with E-state index < -0.39 is 0 Å². The maximum Gasteiger partial charge on any atom is 0.287 e. The van der Waals surface area contributed by atoms with Gasteiger partial charge in [0.15, 0.2) is 5.76 Å². The van der Waals surface area contributed by atoms with Crippen LogP contribution in [0.25, 0.3) is 5.69 Å². The zero-order valence-electron chi connectivity index (χ0n) is 17.6. The number of amides is 2. The van der Waals surface area contributed by atoms with Crippen molar-refractivity contribution in [3.8, 4) is 5.69 Å². The molecule has 1 N–H and O–H groups in total. The summed E-state index contributed by atoms with van der Waals surface area (Å²) < 4.78 is 20.3. The predicted molar refractivity (Wildman–Crippen MR) is 113 cm³/mol. The zero-order chi connectivity index (χ0) is 22.0. The van der Waals surface area contributed by atoms with E-state index in [9.17, 15) is 14.0 Å². The van der Waals surface area contributed by atoms with Crippen molar-refractivity contribution in [2.24, 2.45) is 0 Å². The standard InChI is InChI=1S/C23H25FN4O3/c1-3-20-19(14-25-28(20)18-7-5-16(24)6-8-18)23(30)27-12-10-17(11-13-27)26-22(29)21-9-4-15(2)31-21/h4-9,14,17H,3,10-13H2,1-2H3,(H,26,29). The van der Waals surface area contributed by atoms with Crippen molar-refractivity contribution in [1.29, 1.82) is 0 Å². The van der Waals surface area contributed by atoms with Gasteiger partial charge in [0.2, 0.25) is 0 Å². The van der Waals surface area contributed by atoms with Crippen LogP contribution in [0.15, 0.2) is 47.0 Å². The number of nitrogens with one attached hydrogen (secondary N) is 1. The summed E-state index contributed by atoms with van der Waals surface area (Å²) in [4.78, 5) is 27.2. The number of carbonyl (C=O) groups excluding carboxylic acids is 2. The molecule has 31 heavy (non-hydrogen) atoms. The molecule has 0 bridgehead atoms. The van der Waals surface area contributed by atoms with Gasteiger partial charge in [-0.2, -0.15) is 5.10 Å². The Hall–Kier alpha value is -3.42. The molecule has 1 aliphatic heterocycles. The second kappa shape index (κ2) is 8.75. The third-order valence-electron chi connectivity index (χ3n) is 5.59. The van der Waals surface area contributed by atoms with Crippen molar-refractivity contribution in [2.45, 2.75) is 39.2 Å². The largest absolute Gasteiger partial charge is 0.456 e. The van der Waals surface area contributed by atoms with E-state index >= 15 is 0 Å². The van der Waals surface area contributed by atoms with Gasteiger partial charge in [-0.15, -0.1) is 0 Å². The lowest BCUT2D eigenvalue weighted by Gasteiger charge is -2.32. The lowest BCUT2D eigenvalue weighted by atomic mass is 10.0. The van der Waals surface area contributed by atoms with Crippen LogP contribution < -0.4 is 5.32 Å². The van der Waals surface area contributed by atoms with E-state index in [0.717, 1.165) is 5.69 Å². The van der Waals surface area contributed by atoms with Crippen LogP contribution in [-0.2, 0) is 6.42 Å². The van der Waals surface area contributed by atoms with Crippen LogP contribution in [0.5, 0.6) is 0 Å². The number of piperidine rings is 1. The fraction of sp³-hybridized carbons (Fsp3) is 0.348. The Balaban J connectivity index is 1.41. The first kappa shape index (κ1) is 20.8.